The highest BCUT2D eigenvalue weighted by Gasteiger charge is 2.17. The first kappa shape index (κ1) is 8.49. The van der Waals surface area contributed by atoms with Crippen molar-refractivity contribution in [2.75, 3.05) is 13.6 Å². The van der Waals surface area contributed by atoms with Crippen molar-refractivity contribution in [1.82, 2.24) is 0 Å². The minimum atomic E-state index is 0.748. The third-order valence-corrected chi connectivity index (χ3v) is 2.80. The molecule has 0 aromatic heterocycles. The molecule has 2 rings (SSSR count). The minimum Gasteiger partial charge on any atom is -0.242 e. The zero-order chi connectivity index (χ0) is 9.10. The van der Waals surface area contributed by atoms with Crippen molar-refractivity contribution >= 4 is 6.21 Å². The van der Waals surface area contributed by atoms with Crippen LogP contribution >= 0.6 is 0 Å². The summed E-state index contributed by atoms with van der Waals surface area (Å²) in [6, 6.07) is 10.8. The predicted octanol–water partition coefficient (Wildman–Crippen LogP) is 2.28. The maximum atomic E-state index is 2.31. The summed E-state index contributed by atoms with van der Waals surface area (Å²) in [5.41, 5.74) is 1.49. The molecular weight excluding hydrogens is 158 g/mol. The zero-order valence-electron chi connectivity index (χ0n) is 8.11. The average Bonchev–Trinajstić information content (AvgIpc) is 2.20. The Balaban J connectivity index is 2.12. The van der Waals surface area contributed by atoms with E-state index in [-0.39, 0.29) is 0 Å². The van der Waals surface area contributed by atoms with Crippen molar-refractivity contribution < 1.29 is 4.58 Å². The van der Waals surface area contributed by atoms with Gasteiger partial charge in [-0.05, 0) is 11.5 Å². The standard InChI is InChI=1S/C12H16N/c1-13-9-7-12(8-10-13)11-5-3-2-4-6-11/h2-6,9,12H,7-8,10H2,1H3/q+1. The summed E-state index contributed by atoms with van der Waals surface area (Å²) < 4.78 is 2.29. The molecule has 1 aromatic rings. The second-order valence-corrected chi connectivity index (χ2v) is 3.80. The van der Waals surface area contributed by atoms with E-state index in [2.05, 4.69) is 48.2 Å². The summed E-state index contributed by atoms with van der Waals surface area (Å²) >= 11 is 0. The summed E-state index contributed by atoms with van der Waals surface area (Å²) in [6.07, 6.45) is 4.79. The number of benzene rings is 1. The van der Waals surface area contributed by atoms with Crippen LogP contribution in [0.3, 0.4) is 0 Å². The molecular formula is C12H16N+. The zero-order valence-corrected chi connectivity index (χ0v) is 8.11. The van der Waals surface area contributed by atoms with Crippen LogP contribution in [-0.4, -0.2) is 24.4 Å². The Kier molecular flexibility index (Phi) is 2.44. The average molecular weight is 174 g/mol. The Hall–Kier alpha value is -1.11. The van der Waals surface area contributed by atoms with E-state index in [4.69, 9.17) is 0 Å². The van der Waals surface area contributed by atoms with E-state index in [9.17, 15) is 0 Å². The van der Waals surface area contributed by atoms with Crippen LogP contribution < -0.4 is 0 Å². The van der Waals surface area contributed by atoms with Crippen molar-refractivity contribution in [3.05, 3.63) is 35.9 Å². The van der Waals surface area contributed by atoms with Gasteiger partial charge in [0.05, 0.1) is 0 Å². The van der Waals surface area contributed by atoms with Gasteiger partial charge in [-0.1, -0.05) is 30.3 Å². The molecule has 0 radical (unpaired) electrons. The Labute approximate surface area is 79.7 Å². The lowest BCUT2D eigenvalue weighted by Gasteiger charge is -2.16. The Morgan fingerprint density at radius 2 is 2.00 bits per heavy atom. The maximum absolute atomic E-state index is 2.31. The predicted molar refractivity (Wildman–Crippen MR) is 55.5 cm³/mol. The molecule has 1 atom stereocenters. The molecule has 0 N–H and O–H groups in total. The van der Waals surface area contributed by atoms with Crippen LogP contribution in [0.4, 0.5) is 0 Å². The quantitative estimate of drug-likeness (QED) is 0.575. The summed E-state index contributed by atoms with van der Waals surface area (Å²) in [5.74, 6) is 0.748. The molecule has 0 bridgehead atoms. The summed E-state index contributed by atoms with van der Waals surface area (Å²) in [7, 11) is 2.15. The molecule has 1 aromatic carbocycles. The van der Waals surface area contributed by atoms with Crippen molar-refractivity contribution in [3.8, 4) is 0 Å². The topological polar surface area (TPSA) is 3.01 Å². The normalized spacial score (nSPS) is 22.5. The lowest BCUT2D eigenvalue weighted by atomic mass is 9.91. The smallest absolute Gasteiger partial charge is 0.142 e. The molecule has 0 saturated carbocycles. The van der Waals surface area contributed by atoms with Crippen LogP contribution in [0, 0.1) is 0 Å². The van der Waals surface area contributed by atoms with Crippen LogP contribution in [0.25, 0.3) is 0 Å². The molecule has 0 fully saturated rings. The monoisotopic (exact) mass is 174 g/mol. The van der Waals surface area contributed by atoms with Gasteiger partial charge in [0.1, 0.15) is 19.8 Å². The van der Waals surface area contributed by atoms with Crippen molar-refractivity contribution in [1.29, 1.82) is 0 Å². The number of rotatable bonds is 1. The second kappa shape index (κ2) is 3.73. The summed E-state index contributed by atoms with van der Waals surface area (Å²) in [4.78, 5) is 0. The van der Waals surface area contributed by atoms with E-state index in [1.54, 1.807) is 0 Å². The van der Waals surface area contributed by atoms with Crippen molar-refractivity contribution in [2.45, 2.75) is 18.8 Å². The van der Waals surface area contributed by atoms with E-state index >= 15 is 0 Å². The van der Waals surface area contributed by atoms with Gasteiger partial charge < -0.3 is 0 Å². The van der Waals surface area contributed by atoms with Gasteiger partial charge in [-0.25, -0.2) is 4.58 Å². The van der Waals surface area contributed by atoms with Crippen LogP contribution in [0.1, 0.15) is 24.3 Å². The Bertz CT molecular complexity index is 300. The van der Waals surface area contributed by atoms with Gasteiger partial charge in [0.2, 0.25) is 0 Å². The molecule has 0 spiro atoms. The Morgan fingerprint density at radius 3 is 2.62 bits per heavy atom. The Morgan fingerprint density at radius 1 is 1.23 bits per heavy atom. The molecule has 1 nitrogen and oxygen atoms in total. The van der Waals surface area contributed by atoms with Gasteiger partial charge >= 0.3 is 0 Å². The lowest BCUT2D eigenvalue weighted by molar-refractivity contribution is -0.498. The number of hydrogen-bond acceptors (Lipinski definition) is 0. The van der Waals surface area contributed by atoms with Crippen LogP contribution in [-0.2, 0) is 0 Å². The fourth-order valence-corrected chi connectivity index (χ4v) is 1.90. The third kappa shape index (κ3) is 1.97. The van der Waals surface area contributed by atoms with Gasteiger partial charge in [-0.2, -0.15) is 0 Å². The van der Waals surface area contributed by atoms with Gasteiger partial charge in [0, 0.05) is 12.8 Å². The summed E-state index contributed by atoms with van der Waals surface area (Å²) in [6.45, 7) is 1.19. The number of hydrogen-bond donors (Lipinski definition) is 0. The van der Waals surface area contributed by atoms with Gasteiger partial charge in [0.15, 0.2) is 0 Å². The highest BCUT2D eigenvalue weighted by molar-refractivity contribution is 5.54. The molecule has 1 unspecified atom stereocenters. The summed E-state index contributed by atoms with van der Waals surface area (Å²) in [5, 5.41) is 0. The molecule has 0 saturated heterocycles. The first-order chi connectivity index (χ1) is 6.36. The third-order valence-electron chi connectivity index (χ3n) is 2.80. The highest BCUT2D eigenvalue weighted by Crippen LogP contribution is 2.23. The van der Waals surface area contributed by atoms with Crippen LogP contribution in [0.5, 0.6) is 0 Å². The molecule has 1 heteroatoms. The van der Waals surface area contributed by atoms with Crippen LogP contribution in [0.2, 0.25) is 0 Å². The number of nitrogens with zero attached hydrogens (tertiary/aromatic N) is 1. The fraction of sp³-hybridized carbons (Fsp3) is 0.417. The minimum absolute atomic E-state index is 0.748. The van der Waals surface area contributed by atoms with E-state index in [0.717, 1.165) is 5.92 Å². The molecule has 1 aliphatic rings. The molecule has 13 heavy (non-hydrogen) atoms. The fourth-order valence-electron chi connectivity index (χ4n) is 1.90. The van der Waals surface area contributed by atoms with Crippen molar-refractivity contribution in [2.24, 2.45) is 0 Å². The first-order valence-electron chi connectivity index (χ1n) is 4.95. The molecule has 1 heterocycles. The van der Waals surface area contributed by atoms with Gasteiger partial charge in [0.25, 0.3) is 0 Å². The van der Waals surface area contributed by atoms with E-state index < -0.39 is 0 Å². The molecule has 0 aliphatic carbocycles. The largest absolute Gasteiger partial charge is 0.242 e. The van der Waals surface area contributed by atoms with Crippen LogP contribution in [0.15, 0.2) is 30.3 Å². The lowest BCUT2D eigenvalue weighted by Crippen LogP contribution is -2.19. The molecule has 1 aliphatic heterocycles. The maximum Gasteiger partial charge on any atom is 0.142 e. The molecule has 0 amide bonds. The van der Waals surface area contributed by atoms with E-state index in [1.165, 1.54) is 24.9 Å². The van der Waals surface area contributed by atoms with Crippen molar-refractivity contribution in [3.63, 3.8) is 0 Å². The second-order valence-electron chi connectivity index (χ2n) is 3.80. The van der Waals surface area contributed by atoms with Gasteiger partial charge in [-0.3, -0.25) is 0 Å². The highest BCUT2D eigenvalue weighted by atomic mass is 15.0. The molecule has 68 valence electrons. The van der Waals surface area contributed by atoms with E-state index in [0.29, 0.717) is 0 Å². The van der Waals surface area contributed by atoms with Gasteiger partial charge in [-0.15, -0.1) is 0 Å². The SMILES string of the molecule is C[N+]1=CCC(c2ccccc2)CC1. The first-order valence-corrected chi connectivity index (χ1v) is 4.95. The van der Waals surface area contributed by atoms with E-state index in [1.807, 2.05) is 0 Å².